The number of halogens is 1. The molecule has 0 aliphatic carbocycles. The largest absolute Gasteiger partial charge is 0.388 e. The van der Waals surface area contributed by atoms with Gasteiger partial charge in [-0.3, -0.25) is 9.59 Å². The monoisotopic (exact) mass is 428 g/mol. The van der Waals surface area contributed by atoms with Crippen LogP contribution in [0.15, 0.2) is 48.7 Å². The van der Waals surface area contributed by atoms with E-state index in [1.807, 2.05) is 30.3 Å². The number of benzene rings is 1. The molecule has 1 saturated heterocycles. The number of aromatic amines is 1. The zero-order valence-electron chi connectivity index (χ0n) is 16.0. The van der Waals surface area contributed by atoms with Crippen molar-refractivity contribution in [2.45, 2.75) is 24.7 Å². The van der Waals surface area contributed by atoms with Crippen LogP contribution in [0.2, 0.25) is 5.15 Å². The first-order chi connectivity index (χ1) is 14.4. The van der Waals surface area contributed by atoms with E-state index in [9.17, 15) is 19.8 Å². The molecule has 3 heterocycles. The number of aliphatic hydroxyl groups is 2. The average molecular weight is 429 g/mol. The highest BCUT2D eigenvalue weighted by Crippen LogP contribution is 2.19. The van der Waals surface area contributed by atoms with Crippen molar-refractivity contribution in [2.24, 2.45) is 0 Å². The van der Waals surface area contributed by atoms with Crippen LogP contribution in [-0.4, -0.2) is 68.2 Å². The Hall–Kier alpha value is -2.94. The number of β-amino-alcohol motifs (C(OH)–C–C–N with tert-alkyl or cyclic N) is 2. The van der Waals surface area contributed by atoms with Crippen molar-refractivity contribution in [1.29, 1.82) is 0 Å². The zero-order valence-corrected chi connectivity index (χ0v) is 16.7. The summed E-state index contributed by atoms with van der Waals surface area (Å²) in [7, 11) is 0. The number of pyridine rings is 1. The van der Waals surface area contributed by atoms with Gasteiger partial charge in [-0.15, -0.1) is 0 Å². The van der Waals surface area contributed by atoms with E-state index >= 15 is 0 Å². The molecule has 2 aromatic heterocycles. The van der Waals surface area contributed by atoms with Crippen LogP contribution in [0.1, 0.15) is 16.1 Å². The molecule has 0 radical (unpaired) electrons. The van der Waals surface area contributed by atoms with Gasteiger partial charge in [-0.1, -0.05) is 41.9 Å². The minimum Gasteiger partial charge on any atom is -0.388 e. The molecular formula is C21H21ClN4O4. The maximum atomic E-state index is 13.1. The average Bonchev–Trinajstić information content (AvgIpc) is 3.30. The van der Waals surface area contributed by atoms with Gasteiger partial charge >= 0.3 is 0 Å². The molecule has 30 heavy (non-hydrogen) atoms. The molecule has 3 atom stereocenters. The Balaban J connectivity index is 1.56. The van der Waals surface area contributed by atoms with Gasteiger partial charge in [-0.25, -0.2) is 4.98 Å². The summed E-state index contributed by atoms with van der Waals surface area (Å²) < 4.78 is 0. The van der Waals surface area contributed by atoms with E-state index in [1.54, 1.807) is 12.1 Å². The second-order valence-corrected chi connectivity index (χ2v) is 7.76. The van der Waals surface area contributed by atoms with Crippen LogP contribution in [0.4, 0.5) is 0 Å². The van der Waals surface area contributed by atoms with Gasteiger partial charge < -0.3 is 25.4 Å². The molecule has 1 fully saturated rings. The second-order valence-electron chi connectivity index (χ2n) is 7.37. The van der Waals surface area contributed by atoms with Crippen LogP contribution in [-0.2, 0) is 11.2 Å². The molecule has 2 amide bonds. The highest BCUT2D eigenvalue weighted by Gasteiger charge is 2.36. The number of aromatic nitrogens is 2. The first-order valence-corrected chi connectivity index (χ1v) is 9.92. The van der Waals surface area contributed by atoms with Crippen molar-refractivity contribution in [2.75, 3.05) is 13.1 Å². The first kappa shape index (κ1) is 20.3. The Labute approximate surface area is 177 Å². The summed E-state index contributed by atoms with van der Waals surface area (Å²) in [5.74, 6) is -0.805. The Bertz CT molecular complexity index is 1060. The predicted octanol–water partition coefficient (Wildman–Crippen LogP) is 1.12. The number of aliphatic hydroxyl groups excluding tert-OH is 2. The minimum absolute atomic E-state index is 0.0255. The quantitative estimate of drug-likeness (QED) is 0.454. The number of carbonyl (C=O) groups excluding carboxylic acids is 2. The number of rotatable bonds is 5. The maximum Gasteiger partial charge on any atom is 0.268 e. The summed E-state index contributed by atoms with van der Waals surface area (Å²) in [6.07, 6.45) is -0.170. The van der Waals surface area contributed by atoms with E-state index in [2.05, 4.69) is 15.3 Å². The third kappa shape index (κ3) is 4.30. The van der Waals surface area contributed by atoms with Crippen molar-refractivity contribution in [3.63, 3.8) is 0 Å². The highest BCUT2D eigenvalue weighted by molar-refractivity contribution is 6.30. The molecule has 3 aromatic rings. The van der Waals surface area contributed by atoms with Crippen molar-refractivity contribution >= 4 is 34.3 Å². The summed E-state index contributed by atoms with van der Waals surface area (Å²) in [6.45, 7) is 0.0510. The summed E-state index contributed by atoms with van der Waals surface area (Å²) in [6, 6.07) is 11.8. The van der Waals surface area contributed by atoms with Gasteiger partial charge in [0, 0.05) is 24.9 Å². The lowest BCUT2D eigenvalue weighted by Crippen LogP contribution is -2.49. The third-order valence-corrected chi connectivity index (χ3v) is 5.38. The van der Waals surface area contributed by atoms with E-state index in [4.69, 9.17) is 11.6 Å². The molecule has 9 heteroatoms. The molecular weight excluding hydrogens is 408 g/mol. The number of nitrogens with zero attached hydrogens (tertiary/aromatic N) is 2. The van der Waals surface area contributed by atoms with Gasteiger partial charge in [0.05, 0.1) is 23.9 Å². The van der Waals surface area contributed by atoms with Gasteiger partial charge in [0.1, 0.15) is 16.9 Å². The number of fused-ring (bicyclic) bond motifs is 1. The van der Waals surface area contributed by atoms with Crippen LogP contribution in [0.25, 0.3) is 10.9 Å². The van der Waals surface area contributed by atoms with E-state index in [-0.39, 0.29) is 31.1 Å². The van der Waals surface area contributed by atoms with Gasteiger partial charge in [-0.2, -0.15) is 0 Å². The Morgan fingerprint density at radius 3 is 2.60 bits per heavy atom. The normalized spacial score (nSPS) is 19.8. The number of carbonyl (C=O) groups is 2. The van der Waals surface area contributed by atoms with Crippen LogP contribution in [0, 0.1) is 0 Å². The molecule has 156 valence electrons. The summed E-state index contributed by atoms with van der Waals surface area (Å²) in [4.78, 5) is 34.3. The summed E-state index contributed by atoms with van der Waals surface area (Å²) >= 11 is 5.90. The Morgan fingerprint density at radius 2 is 1.90 bits per heavy atom. The van der Waals surface area contributed by atoms with Crippen LogP contribution < -0.4 is 5.32 Å². The molecule has 1 aliphatic rings. The van der Waals surface area contributed by atoms with Crippen molar-refractivity contribution < 1.29 is 19.8 Å². The molecule has 0 bridgehead atoms. The lowest BCUT2D eigenvalue weighted by atomic mass is 10.0. The predicted molar refractivity (Wildman–Crippen MR) is 111 cm³/mol. The van der Waals surface area contributed by atoms with Crippen LogP contribution in [0.3, 0.4) is 0 Å². The lowest BCUT2D eigenvalue weighted by molar-refractivity contribution is -0.132. The van der Waals surface area contributed by atoms with Crippen LogP contribution in [0.5, 0.6) is 0 Å². The fraction of sp³-hybridized carbons (Fsp3) is 0.286. The van der Waals surface area contributed by atoms with Crippen molar-refractivity contribution in [3.05, 3.63) is 65.1 Å². The van der Waals surface area contributed by atoms with Gasteiger partial charge in [0.15, 0.2) is 0 Å². The molecule has 0 spiro atoms. The molecule has 8 nitrogen and oxygen atoms in total. The number of likely N-dealkylation sites (tertiary alicyclic amines) is 1. The molecule has 0 unspecified atom stereocenters. The zero-order chi connectivity index (χ0) is 21.3. The number of H-pyrrole nitrogens is 1. The first-order valence-electron chi connectivity index (χ1n) is 9.54. The topological polar surface area (TPSA) is 119 Å². The number of hydrogen-bond acceptors (Lipinski definition) is 5. The highest BCUT2D eigenvalue weighted by atomic mass is 35.5. The number of amides is 2. The SMILES string of the molecule is O=C(N[C@@H](Cc1ccccc1)C(=O)N1C[C@@H](O)[C@@H](O)C1)c1cc2cc(Cl)ncc2[nH]1. The van der Waals surface area contributed by atoms with Gasteiger partial charge in [-0.05, 0) is 17.7 Å². The molecule has 1 aromatic carbocycles. The van der Waals surface area contributed by atoms with Gasteiger partial charge in [0.2, 0.25) is 5.91 Å². The van der Waals surface area contributed by atoms with Crippen LogP contribution >= 0.6 is 11.6 Å². The fourth-order valence-corrected chi connectivity index (χ4v) is 3.75. The lowest BCUT2D eigenvalue weighted by Gasteiger charge is -2.24. The smallest absolute Gasteiger partial charge is 0.268 e. The summed E-state index contributed by atoms with van der Waals surface area (Å²) in [5, 5.41) is 23.4. The summed E-state index contributed by atoms with van der Waals surface area (Å²) in [5.41, 5.74) is 1.81. The molecule has 1 aliphatic heterocycles. The Kier molecular flexibility index (Phi) is 5.72. The second kappa shape index (κ2) is 8.43. The molecule has 4 rings (SSSR count). The minimum atomic E-state index is -0.993. The van der Waals surface area contributed by atoms with Gasteiger partial charge in [0.25, 0.3) is 5.91 Å². The maximum absolute atomic E-state index is 13.1. The molecule has 4 N–H and O–H groups in total. The molecule has 0 saturated carbocycles. The van der Waals surface area contributed by atoms with E-state index in [0.29, 0.717) is 10.7 Å². The van der Waals surface area contributed by atoms with Crippen molar-refractivity contribution in [3.8, 4) is 0 Å². The van der Waals surface area contributed by atoms with E-state index in [0.717, 1.165) is 10.9 Å². The van der Waals surface area contributed by atoms with Crippen molar-refractivity contribution in [1.82, 2.24) is 20.2 Å². The number of hydrogen-bond donors (Lipinski definition) is 4. The van der Waals surface area contributed by atoms with E-state index < -0.39 is 24.2 Å². The standard InChI is InChI=1S/C21H21ClN4O4/c22-19-8-13-7-14(24-16(13)9-23-19)20(29)25-15(6-12-4-2-1-3-5-12)21(30)26-10-17(27)18(28)11-26/h1-5,7-9,15,17-18,24,27-28H,6,10-11H2,(H,25,29)/t15-,17-,18+/m0/s1. The fourth-order valence-electron chi connectivity index (χ4n) is 3.58. The third-order valence-electron chi connectivity index (χ3n) is 5.17. The van der Waals surface area contributed by atoms with E-state index in [1.165, 1.54) is 11.1 Å². The Morgan fingerprint density at radius 1 is 1.20 bits per heavy atom. The number of nitrogens with one attached hydrogen (secondary N) is 2.